The predicted octanol–water partition coefficient (Wildman–Crippen LogP) is 3.81. The van der Waals surface area contributed by atoms with Crippen molar-refractivity contribution in [3.63, 3.8) is 0 Å². The molecule has 3 rings (SSSR count). The Morgan fingerprint density at radius 2 is 1.75 bits per heavy atom. The van der Waals surface area contributed by atoms with Gasteiger partial charge >= 0.3 is 0 Å². The highest BCUT2D eigenvalue weighted by atomic mass is 15.1. The number of hydrogen-bond acceptors (Lipinski definition) is 2. The zero-order valence-corrected chi connectivity index (χ0v) is 12.9. The molecule has 2 fully saturated rings. The Bertz CT molecular complexity index is 420. The van der Waals surface area contributed by atoms with Crippen LogP contribution in [-0.4, -0.2) is 20.1 Å². The van der Waals surface area contributed by atoms with Gasteiger partial charge in [0.1, 0.15) is 0 Å². The van der Waals surface area contributed by atoms with Crippen LogP contribution in [-0.2, 0) is 6.54 Å². The van der Waals surface area contributed by atoms with Crippen molar-refractivity contribution in [2.75, 3.05) is 19.0 Å². The highest BCUT2D eigenvalue weighted by Crippen LogP contribution is 2.43. The molecule has 1 aromatic carbocycles. The maximum Gasteiger partial charge on any atom is 0.0361 e. The highest BCUT2D eigenvalue weighted by Gasteiger charge is 2.34. The first-order valence-electron chi connectivity index (χ1n) is 8.22. The van der Waals surface area contributed by atoms with Crippen LogP contribution in [0.25, 0.3) is 0 Å². The summed E-state index contributed by atoms with van der Waals surface area (Å²) >= 11 is 0. The van der Waals surface area contributed by atoms with E-state index in [1.54, 1.807) is 0 Å². The number of rotatable bonds is 5. The summed E-state index contributed by atoms with van der Waals surface area (Å²) in [5.74, 6) is 2.11. The van der Waals surface area contributed by atoms with Crippen LogP contribution in [0.1, 0.15) is 44.1 Å². The van der Waals surface area contributed by atoms with Gasteiger partial charge in [0.25, 0.3) is 0 Å². The smallest absolute Gasteiger partial charge is 0.0361 e. The minimum atomic E-state index is 0.753. The Morgan fingerprint density at radius 1 is 1.00 bits per heavy atom. The van der Waals surface area contributed by atoms with E-state index in [1.165, 1.54) is 49.8 Å². The van der Waals surface area contributed by atoms with Crippen molar-refractivity contribution in [3.05, 3.63) is 29.8 Å². The van der Waals surface area contributed by atoms with Gasteiger partial charge in [0.15, 0.2) is 0 Å². The molecule has 0 aromatic heterocycles. The lowest BCUT2D eigenvalue weighted by Crippen LogP contribution is -2.34. The number of nitrogens with one attached hydrogen (secondary N) is 1. The molecule has 0 amide bonds. The third-order valence-electron chi connectivity index (χ3n) is 5.05. The molecule has 2 aliphatic rings. The van der Waals surface area contributed by atoms with Crippen molar-refractivity contribution in [1.82, 2.24) is 5.32 Å². The third kappa shape index (κ3) is 3.54. The molecule has 0 radical (unpaired) electrons. The maximum absolute atomic E-state index is 3.79. The summed E-state index contributed by atoms with van der Waals surface area (Å²) in [6, 6.07) is 9.69. The summed E-state index contributed by atoms with van der Waals surface area (Å²) in [6.07, 6.45) is 8.71. The van der Waals surface area contributed by atoms with E-state index in [1.807, 2.05) is 0 Å². The quantitative estimate of drug-likeness (QED) is 0.877. The van der Waals surface area contributed by atoms with E-state index in [4.69, 9.17) is 0 Å². The molecule has 2 saturated carbocycles. The number of nitrogens with zero attached hydrogens (tertiary/aromatic N) is 1. The molecule has 2 heteroatoms. The van der Waals surface area contributed by atoms with Crippen LogP contribution < -0.4 is 10.2 Å². The van der Waals surface area contributed by atoms with Gasteiger partial charge in [0.2, 0.25) is 0 Å². The molecule has 0 saturated heterocycles. The van der Waals surface area contributed by atoms with Crippen LogP contribution >= 0.6 is 0 Å². The summed E-state index contributed by atoms with van der Waals surface area (Å²) in [4.78, 5) is 2.15. The monoisotopic (exact) mass is 272 g/mol. The first-order chi connectivity index (χ1) is 9.72. The van der Waals surface area contributed by atoms with Crippen LogP contribution in [0.5, 0.6) is 0 Å². The zero-order valence-electron chi connectivity index (χ0n) is 12.9. The van der Waals surface area contributed by atoms with Gasteiger partial charge in [0.05, 0.1) is 0 Å². The van der Waals surface area contributed by atoms with E-state index < -0.39 is 0 Å². The molecular weight excluding hydrogens is 244 g/mol. The van der Waals surface area contributed by atoms with Crippen molar-refractivity contribution in [2.45, 2.75) is 51.1 Å². The largest absolute Gasteiger partial charge is 0.378 e. The van der Waals surface area contributed by atoms with Gasteiger partial charge in [-0.1, -0.05) is 25.0 Å². The molecule has 2 unspecified atom stereocenters. The summed E-state index contributed by atoms with van der Waals surface area (Å²) < 4.78 is 0. The van der Waals surface area contributed by atoms with E-state index in [-0.39, 0.29) is 0 Å². The van der Waals surface area contributed by atoms with Crippen LogP contribution in [0.2, 0.25) is 0 Å². The molecule has 1 N–H and O–H groups in total. The summed E-state index contributed by atoms with van der Waals surface area (Å²) in [5, 5.41) is 3.79. The fraction of sp³-hybridized carbons (Fsp3) is 0.667. The van der Waals surface area contributed by atoms with Crippen molar-refractivity contribution >= 4 is 5.69 Å². The van der Waals surface area contributed by atoms with Gasteiger partial charge < -0.3 is 10.2 Å². The molecule has 1 aromatic rings. The zero-order chi connectivity index (χ0) is 13.9. The lowest BCUT2D eigenvalue weighted by molar-refractivity contribution is 0.260. The topological polar surface area (TPSA) is 15.3 Å². The molecular formula is C18H28N2. The summed E-state index contributed by atoms with van der Waals surface area (Å²) in [5.41, 5.74) is 2.68. The van der Waals surface area contributed by atoms with Gasteiger partial charge in [-0.2, -0.15) is 0 Å². The van der Waals surface area contributed by atoms with E-state index in [0.717, 1.165) is 24.4 Å². The van der Waals surface area contributed by atoms with Gasteiger partial charge in [-0.3, -0.25) is 0 Å². The molecule has 2 nitrogen and oxygen atoms in total. The van der Waals surface area contributed by atoms with Crippen molar-refractivity contribution in [1.29, 1.82) is 0 Å². The Kier molecular flexibility index (Phi) is 4.30. The number of anilines is 1. The first kappa shape index (κ1) is 13.9. The van der Waals surface area contributed by atoms with E-state index in [0.29, 0.717) is 0 Å². The van der Waals surface area contributed by atoms with E-state index >= 15 is 0 Å². The minimum Gasteiger partial charge on any atom is -0.378 e. The van der Waals surface area contributed by atoms with Gasteiger partial charge in [-0.15, -0.1) is 0 Å². The Balaban J connectivity index is 1.48. The average Bonchev–Trinajstić information content (AvgIpc) is 3.30. The molecule has 2 aliphatic carbocycles. The maximum atomic E-state index is 3.79. The van der Waals surface area contributed by atoms with Crippen LogP contribution in [0, 0.1) is 11.8 Å². The van der Waals surface area contributed by atoms with Crippen molar-refractivity contribution < 1.29 is 0 Å². The second kappa shape index (κ2) is 6.17. The lowest BCUT2D eigenvalue weighted by Gasteiger charge is -2.30. The van der Waals surface area contributed by atoms with Crippen molar-refractivity contribution in [3.8, 4) is 0 Å². The van der Waals surface area contributed by atoms with Gasteiger partial charge in [-0.25, -0.2) is 0 Å². The van der Waals surface area contributed by atoms with E-state index in [2.05, 4.69) is 48.6 Å². The van der Waals surface area contributed by atoms with Crippen molar-refractivity contribution in [2.24, 2.45) is 11.8 Å². The second-order valence-electron chi connectivity index (χ2n) is 6.90. The van der Waals surface area contributed by atoms with Crippen LogP contribution in [0.3, 0.4) is 0 Å². The molecule has 0 heterocycles. The second-order valence-corrected chi connectivity index (χ2v) is 6.90. The first-order valence-corrected chi connectivity index (χ1v) is 8.22. The minimum absolute atomic E-state index is 0.753. The Morgan fingerprint density at radius 3 is 2.40 bits per heavy atom. The predicted molar refractivity (Wildman–Crippen MR) is 86.1 cm³/mol. The SMILES string of the molecule is CN(C)c1ccc(CNC2CCCC(C3CC3)C2)cc1. The average molecular weight is 272 g/mol. The molecule has 20 heavy (non-hydrogen) atoms. The third-order valence-corrected chi connectivity index (χ3v) is 5.05. The fourth-order valence-electron chi connectivity index (χ4n) is 3.58. The standard InChI is InChI=1S/C18H28N2/c1-20(2)18-10-6-14(7-11-18)13-19-17-5-3-4-16(12-17)15-8-9-15/h6-7,10-11,15-17,19H,3-5,8-9,12-13H2,1-2H3. The van der Waals surface area contributed by atoms with Crippen LogP contribution in [0.15, 0.2) is 24.3 Å². The molecule has 2 atom stereocenters. The molecule has 0 aliphatic heterocycles. The fourth-order valence-corrected chi connectivity index (χ4v) is 3.58. The lowest BCUT2D eigenvalue weighted by atomic mass is 9.82. The highest BCUT2D eigenvalue weighted by molar-refractivity contribution is 5.45. The Hall–Kier alpha value is -1.02. The number of benzene rings is 1. The number of hydrogen-bond donors (Lipinski definition) is 1. The summed E-state index contributed by atoms with van der Waals surface area (Å²) in [6.45, 7) is 1.02. The Labute approximate surface area is 123 Å². The van der Waals surface area contributed by atoms with Crippen LogP contribution in [0.4, 0.5) is 5.69 Å². The normalized spacial score (nSPS) is 26.5. The summed E-state index contributed by atoms with van der Waals surface area (Å²) in [7, 11) is 4.18. The van der Waals surface area contributed by atoms with Gasteiger partial charge in [0, 0.05) is 32.4 Å². The molecule has 110 valence electrons. The molecule has 0 spiro atoms. The molecule has 0 bridgehead atoms. The van der Waals surface area contributed by atoms with Gasteiger partial charge in [-0.05, 0) is 55.2 Å². The van der Waals surface area contributed by atoms with E-state index in [9.17, 15) is 0 Å².